The summed E-state index contributed by atoms with van der Waals surface area (Å²) in [5.74, 6) is 0. The Morgan fingerprint density at radius 2 is 2.24 bits per heavy atom. The fourth-order valence-electron chi connectivity index (χ4n) is 1.91. The van der Waals surface area contributed by atoms with E-state index in [9.17, 15) is 0 Å². The van der Waals surface area contributed by atoms with Crippen LogP contribution in [0, 0.1) is 10.5 Å². The molecule has 0 aliphatic carbocycles. The molecule has 0 saturated heterocycles. The van der Waals surface area contributed by atoms with Crippen molar-refractivity contribution in [3.63, 3.8) is 0 Å². The summed E-state index contributed by atoms with van der Waals surface area (Å²) in [6, 6.07) is 6.62. The second-order valence-corrected chi connectivity index (χ2v) is 5.65. The maximum atomic E-state index is 5.81. The topological polar surface area (TPSA) is 43.8 Å². The average Bonchev–Trinajstić information content (AvgIpc) is 2.64. The lowest BCUT2D eigenvalue weighted by atomic mass is 10.0. The van der Waals surface area contributed by atoms with E-state index in [2.05, 4.69) is 52.8 Å². The van der Waals surface area contributed by atoms with E-state index >= 15 is 0 Å². The minimum atomic E-state index is 0.200. The summed E-state index contributed by atoms with van der Waals surface area (Å²) in [5.41, 5.74) is 9.44. The first-order valence-electron chi connectivity index (χ1n) is 5.62. The molecule has 17 heavy (non-hydrogen) atoms. The summed E-state index contributed by atoms with van der Waals surface area (Å²) < 4.78 is 3.05. The van der Waals surface area contributed by atoms with Crippen LogP contribution in [-0.4, -0.2) is 15.8 Å². The van der Waals surface area contributed by atoms with Crippen molar-refractivity contribution in [2.45, 2.75) is 26.3 Å². The fraction of sp³-hybridized carbons (Fsp3) is 0.308. The molecule has 90 valence electrons. The zero-order chi connectivity index (χ0) is 12.4. The molecule has 1 atom stereocenters. The molecule has 1 aromatic carbocycles. The normalized spacial score (nSPS) is 12.7. The predicted molar refractivity (Wildman–Crippen MR) is 78.4 cm³/mol. The maximum Gasteiger partial charge on any atom is 0.0675 e. The third-order valence-electron chi connectivity index (χ3n) is 2.62. The molecule has 1 aromatic heterocycles. The molecule has 0 spiro atoms. The molecule has 3 nitrogen and oxygen atoms in total. The first kappa shape index (κ1) is 12.6. The summed E-state index contributed by atoms with van der Waals surface area (Å²) in [6.07, 6.45) is 4.79. The number of hydrogen-bond acceptors (Lipinski definition) is 2. The van der Waals surface area contributed by atoms with Gasteiger partial charge < -0.3 is 5.73 Å². The van der Waals surface area contributed by atoms with Crippen LogP contribution in [0.2, 0.25) is 0 Å². The summed E-state index contributed by atoms with van der Waals surface area (Å²) in [6.45, 7) is 4.13. The van der Waals surface area contributed by atoms with Crippen LogP contribution in [0.3, 0.4) is 0 Å². The molecule has 0 bridgehead atoms. The first-order valence-corrected chi connectivity index (χ1v) is 6.70. The molecule has 0 aliphatic heterocycles. The number of halogens is 1. The second-order valence-electron chi connectivity index (χ2n) is 4.41. The van der Waals surface area contributed by atoms with Crippen molar-refractivity contribution in [1.82, 2.24) is 9.78 Å². The van der Waals surface area contributed by atoms with Crippen LogP contribution in [0.4, 0.5) is 0 Å². The summed E-state index contributed by atoms with van der Waals surface area (Å²) in [7, 11) is 0. The van der Waals surface area contributed by atoms with Gasteiger partial charge in [0.1, 0.15) is 0 Å². The molecule has 0 aliphatic rings. The third kappa shape index (κ3) is 3.07. The van der Waals surface area contributed by atoms with E-state index in [1.54, 1.807) is 0 Å². The van der Waals surface area contributed by atoms with Gasteiger partial charge in [-0.25, -0.2) is 4.68 Å². The van der Waals surface area contributed by atoms with Crippen LogP contribution < -0.4 is 5.73 Å². The number of nitrogens with two attached hydrogens (primary N) is 1. The smallest absolute Gasteiger partial charge is 0.0675 e. The van der Waals surface area contributed by atoms with Crippen LogP contribution in [0.15, 0.2) is 30.6 Å². The molecule has 0 fully saturated rings. The lowest BCUT2D eigenvalue weighted by molar-refractivity contribution is 0.737. The van der Waals surface area contributed by atoms with Gasteiger partial charge in [0.2, 0.25) is 0 Å². The van der Waals surface area contributed by atoms with Crippen molar-refractivity contribution < 1.29 is 0 Å². The van der Waals surface area contributed by atoms with Crippen LogP contribution >= 0.6 is 22.6 Å². The van der Waals surface area contributed by atoms with E-state index in [1.807, 2.05) is 24.0 Å². The molecule has 2 aromatic rings. The van der Waals surface area contributed by atoms with Crippen LogP contribution in [0.1, 0.15) is 18.1 Å². The highest BCUT2D eigenvalue weighted by Gasteiger charge is 2.05. The van der Waals surface area contributed by atoms with Gasteiger partial charge in [0, 0.05) is 12.2 Å². The number of nitrogens with zero attached hydrogens (tertiary/aromatic N) is 2. The zero-order valence-electron chi connectivity index (χ0n) is 10.0. The van der Waals surface area contributed by atoms with Crippen molar-refractivity contribution >= 4 is 22.6 Å². The van der Waals surface area contributed by atoms with Crippen molar-refractivity contribution in [1.29, 1.82) is 0 Å². The lowest BCUT2D eigenvalue weighted by Gasteiger charge is -2.10. The number of aromatic nitrogens is 2. The van der Waals surface area contributed by atoms with Crippen molar-refractivity contribution in [2.24, 2.45) is 5.73 Å². The van der Waals surface area contributed by atoms with E-state index in [4.69, 9.17) is 5.73 Å². The molecular weight excluding hydrogens is 325 g/mol. The molecule has 1 unspecified atom stereocenters. The van der Waals surface area contributed by atoms with Gasteiger partial charge in [-0.05, 0) is 60.1 Å². The molecule has 2 N–H and O–H groups in total. The summed E-state index contributed by atoms with van der Waals surface area (Å²) in [5, 5.41) is 4.32. The van der Waals surface area contributed by atoms with Gasteiger partial charge in [-0.3, -0.25) is 0 Å². The third-order valence-corrected chi connectivity index (χ3v) is 3.17. The minimum Gasteiger partial charge on any atom is -0.328 e. The highest BCUT2D eigenvalue weighted by Crippen LogP contribution is 2.17. The Hall–Kier alpha value is -0.880. The fourth-order valence-corrected chi connectivity index (χ4v) is 2.29. The standard InChI is InChI=1S/C13H16IN3/c1-9-5-11(6-10(2)15)3-4-13(9)17-8-12(14)7-16-17/h3-5,7-8,10H,6,15H2,1-2H3. The molecule has 0 amide bonds. The van der Waals surface area contributed by atoms with E-state index in [1.165, 1.54) is 11.1 Å². The molecule has 2 rings (SSSR count). The Morgan fingerprint density at radius 3 is 2.76 bits per heavy atom. The molecule has 4 heteroatoms. The predicted octanol–water partition coefficient (Wildman–Crippen LogP) is 2.68. The van der Waals surface area contributed by atoms with E-state index in [0.717, 1.165) is 15.7 Å². The number of benzene rings is 1. The van der Waals surface area contributed by atoms with E-state index < -0.39 is 0 Å². The molecule has 0 saturated carbocycles. The Labute approximate surface area is 115 Å². The lowest BCUT2D eigenvalue weighted by Crippen LogP contribution is -2.17. The SMILES string of the molecule is Cc1cc(CC(C)N)ccc1-n1cc(I)cn1. The average molecular weight is 341 g/mol. The Morgan fingerprint density at radius 1 is 1.47 bits per heavy atom. The van der Waals surface area contributed by atoms with E-state index in [0.29, 0.717) is 0 Å². The maximum absolute atomic E-state index is 5.81. The van der Waals surface area contributed by atoms with Gasteiger partial charge >= 0.3 is 0 Å². The largest absolute Gasteiger partial charge is 0.328 e. The monoisotopic (exact) mass is 341 g/mol. The molecular formula is C13H16IN3. The zero-order valence-corrected chi connectivity index (χ0v) is 12.2. The summed E-state index contributed by atoms with van der Waals surface area (Å²) in [4.78, 5) is 0. The number of rotatable bonds is 3. The Bertz CT molecular complexity index is 517. The first-order chi connectivity index (χ1) is 8.06. The van der Waals surface area contributed by atoms with Gasteiger partial charge in [0.15, 0.2) is 0 Å². The minimum absolute atomic E-state index is 0.200. The Kier molecular flexibility index (Phi) is 3.83. The van der Waals surface area contributed by atoms with Crippen LogP contribution in [0.5, 0.6) is 0 Å². The van der Waals surface area contributed by atoms with Gasteiger partial charge in [0.05, 0.1) is 15.5 Å². The number of aryl methyl sites for hydroxylation is 1. The Balaban J connectivity index is 2.31. The van der Waals surface area contributed by atoms with Crippen molar-refractivity contribution in [3.8, 4) is 5.69 Å². The summed E-state index contributed by atoms with van der Waals surface area (Å²) >= 11 is 2.26. The molecule has 0 radical (unpaired) electrons. The van der Waals surface area contributed by atoms with Crippen molar-refractivity contribution in [2.75, 3.05) is 0 Å². The highest BCUT2D eigenvalue weighted by atomic mass is 127. The quantitative estimate of drug-likeness (QED) is 0.873. The van der Waals surface area contributed by atoms with E-state index in [-0.39, 0.29) is 6.04 Å². The second kappa shape index (κ2) is 5.18. The molecule has 1 heterocycles. The van der Waals surface area contributed by atoms with Gasteiger partial charge in [-0.15, -0.1) is 0 Å². The highest BCUT2D eigenvalue weighted by molar-refractivity contribution is 14.1. The van der Waals surface area contributed by atoms with Crippen molar-refractivity contribution in [3.05, 3.63) is 45.3 Å². The van der Waals surface area contributed by atoms with Gasteiger partial charge in [0.25, 0.3) is 0 Å². The van der Waals surface area contributed by atoms with Crippen LogP contribution in [0.25, 0.3) is 5.69 Å². The number of hydrogen-bond donors (Lipinski definition) is 1. The van der Waals surface area contributed by atoms with Gasteiger partial charge in [-0.2, -0.15) is 5.10 Å². The van der Waals surface area contributed by atoms with Crippen LogP contribution in [-0.2, 0) is 6.42 Å². The van der Waals surface area contributed by atoms with Gasteiger partial charge in [-0.1, -0.05) is 12.1 Å².